The smallest absolute Gasteiger partial charge is 0.266 e. The quantitative estimate of drug-likeness (QED) is 0.303. The Kier molecular flexibility index (Phi) is 6.78. The van der Waals surface area contributed by atoms with E-state index in [0.29, 0.717) is 43.5 Å². The molecule has 0 radical (unpaired) electrons. The number of rotatable bonds is 7. The van der Waals surface area contributed by atoms with E-state index in [0.717, 1.165) is 11.3 Å². The summed E-state index contributed by atoms with van der Waals surface area (Å²) in [7, 11) is 0. The number of amides is 2. The molecule has 0 aliphatic heterocycles. The highest BCUT2D eigenvalue weighted by Gasteiger charge is 2.20. The van der Waals surface area contributed by atoms with Gasteiger partial charge in [0.05, 0.1) is 16.6 Å². The first kappa shape index (κ1) is 24.0. The van der Waals surface area contributed by atoms with Crippen LogP contribution >= 0.6 is 11.3 Å². The van der Waals surface area contributed by atoms with Crippen LogP contribution in [0, 0.1) is 6.92 Å². The normalized spacial score (nSPS) is 10.7. The molecule has 0 saturated carbocycles. The fourth-order valence-electron chi connectivity index (χ4n) is 3.78. The van der Waals surface area contributed by atoms with Crippen LogP contribution in [0.2, 0.25) is 0 Å². The number of anilines is 2. The van der Waals surface area contributed by atoms with Gasteiger partial charge >= 0.3 is 0 Å². The second-order valence-corrected chi connectivity index (χ2v) is 9.22. The minimum Gasteiger partial charge on any atom is -0.457 e. The largest absolute Gasteiger partial charge is 0.457 e. The van der Waals surface area contributed by atoms with Gasteiger partial charge in [0.1, 0.15) is 22.9 Å². The maximum absolute atomic E-state index is 13.2. The van der Waals surface area contributed by atoms with Gasteiger partial charge < -0.3 is 15.4 Å². The average molecular weight is 511 g/mol. The number of nitrogens with one attached hydrogen (secondary N) is 2. The van der Waals surface area contributed by atoms with Gasteiger partial charge in [0.15, 0.2) is 0 Å². The monoisotopic (exact) mass is 510 g/mol. The summed E-state index contributed by atoms with van der Waals surface area (Å²) in [5.41, 5.74) is 1.39. The highest BCUT2D eigenvalue weighted by Crippen LogP contribution is 2.28. The van der Waals surface area contributed by atoms with E-state index in [-0.39, 0.29) is 23.9 Å². The van der Waals surface area contributed by atoms with Gasteiger partial charge in [-0.2, -0.15) is 0 Å². The van der Waals surface area contributed by atoms with Crippen molar-refractivity contribution in [2.45, 2.75) is 13.5 Å². The van der Waals surface area contributed by atoms with Gasteiger partial charge in [-0.25, -0.2) is 4.98 Å². The summed E-state index contributed by atoms with van der Waals surface area (Å²) >= 11 is 1.15. The van der Waals surface area contributed by atoms with Gasteiger partial charge in [-0.15, -0.1) is 11.3 Å². The van der Waals surface area contributed by atoms with Crippen LogP contribution in [0.15, 0.2) is 96.1 Å². The number of thiophene rings is 1. The van der Waals surface area contributed by atoms with Crippen LogP contribution in [-0.4, -0.2) is 21.4 Å². The first-order valence-corrected chi connectivity index (χ1v) is 12.3. The average Bonchev–Trinajstić information content (AvgIpc) is 3.25. The van der Waals surface area contributed by atoms with Gasteiger partial charge in [-0.3, -0.25) is 19.0 Å². The van der Waals surface area contributed by atoms with E-state index in [1.165, 1.54) is 10.9 Å². The second-order valence-electron chi connectivity index (χ2n) is 8.22. The maximum atomic E-state index is 13.2. The van der Waals surface area contributed by atoms with Crippen LogP contribution in [0.4, 0.5) is 11.4 Å². The van der Waals surface area contributed by atoms with Crippen LogP contribution in [0.3, 0.4) is 0 Å². The number of carbonyl (C=O) groups excluding carboxylic acids is 2. The van der Waals surface area contributed by atoms with Crippen molar-refractivity contribution >= 4 is 44.7 Å². The first-order chi connectivity index (χ1) is 18.0. The summed E-state index contributed by atoms with van der Waals surface area (Å²) in [5, 5.41) is 5.95. The maximum Gasteiger partial charge on any atom is 0.266 e. The van der Waals surface area contributed by atoms with E-state index in [4.69, 9.17) is 4.74 Å². The van der Waals surface area contributed by atoms with E-state index in [1.807, 2.05) is 48.5 Å². The Balaban J connectivity index is 1.28. The molecule has 2 amide bonds. The molecule has 2 heterocycles. The van der Waals surface area contributed by atoms with Crippen molar-refractivity contribution in [2.75, 3.05) is 10.6 Å². The lowest BCUT2D eigenvalue weighted by atomic mass is 10.2. The molecule has 0 spiro atoms. The van der Waals surface area contributed by atoms with Crippen LogP contribution in [0.25, 0.3) is 10.2 Å². The minimum absolute atomic E-state index is 0.217. The number of aromatic nitrogens is 2. The number of carbonyl (C=O) groups is 2. The SMILES string of the molecule is Cc1c(C(=O)Nc2ccccc2)sc2ncn(CC(=O)Nc3ccc(Oc4ccccc4)cc3)c(=O)c12. The molecular weight excluding hydrogens is 488 g/mol. The minimum atomic E-state index is -0.380. The molecular formula is C28H22N4O4S. The lowest BCUT2D eigenvalue weighted by Crippen LogP contribution is -2.27. The molecule has 5 aromatic rings. The summed E-state index contributed by atoms with van der Waals surface area (Å²) in [6.45, 7) is 1.50. The van der Waals surface area contributed by atoms with Crippen molar-refractivity contribution in [3.63, 3.8) is 0 Å². The molecule has 3 aromatic carbocycles. The summed E-state index contributed by atoms with van der Waals surface area (Å²) in [6.07, 6.45) is 1.33. The molecule has 9 heteroatoms. The van der Waals surface area contributed by atoms with Gasteiger partial charge in [-0.1, -0.05) is 36.4 Å². The van der Waals surface area contributed by atoms with E-state index in [9.17, 15) is 14.4 Å². The fourth-order valence-corrected chi connectivity index (χ4v) is 4.82. The molecule has 0 bridgehead atoms. The number of nitrogens with zero attached hydrogens (tertiary/aromatic N) is 2. The third kappa shape index (κ3) is 5.41. The van der Waals surface area contributed by atoms with Crippen molar-refractivity contribution < 1.29 is 14.3 Å². The molecule has 184 valence electrons. The molecule has 0 atom stereocenters. The van der Waals surface area contributed by atoms with Crippen LogP contribution in [-0.2, 0) is 11.3 Å². The third-order valence-electron chi connectivity index (χ3n) is 5.59. The molecule has 0 aliphatic rings. The Morgan fingerprint density at radius 3 is 2.19 bits per heavy atom. The fraction of sp³-hybridized carbons (Fsp3) is 0.0714. The zero-order valence-electron chi connectivity index (χ0n) is 19.8. The Labute approximate surface area is 216 Å². The molecule has 2 aromatic heterocycles. The van der Waals surface area contributed by atoms with Crippen LogP contribution in [0.5, 0.6) is 11.5 Å². The zero-order valence-corrected chi connectivity index (χ0v) is 20.6. The molecule has 0 unspecified atom stereocenters. The van der Waals surface area contributed by atoms with Crippen molar-refractivity contribution in [2.24, 2.45) is 0 Å². The molecule has 2 N–H and O–H groups in total. The lowest BCUT2D eigenvalue weighted by Gasteiger charge is -2.09. The van der Waals surface area contributed by atoms with E-state index < -0.39 is 0 Å². The van der Waals surface area contributed by atoms with Gasteiger partial charge in [0.25, 0.3) is 11.5 Å². The zero-order chi connectivity index (χ0) is 25.8. The number of benzene rings is 3. The number of hydrogen-bond acceptors (Lipinski definition) is 6. The number of ether oxygens (including phenoxy) is 1. The lowest BCUT2D eigenvalue weighted by molar-refractivity contribution is -0.116. The molecule has 37 heavy (non-hydrogen) atoms. The van der Waals surface area contributed by atoms with Crippen LogP contribution in [0.1, 0.15) is 15.2 Å². The Morgan fingerprint density at radius 1 is 0.865 bits per heavy atom. The van der Waals surface area contributed by atoms with Gasteiger partial charge in [0.2, 0.25) is 5.91 Å². The standard InChI is InChI=1S/C28H22N4O4S/c1-18-24-27(37-25(18)26(34)31-19-8-4-2-5-9-19)29-17-32(28(24)35)16-23(33)30-20-12-14-22(15-13-20)36-21-10-6-3-7-11-21/h2-15,17H,16H2,1H3,(H,30,33)(H,31,34). The topological polar surface area (TPSA) is 102 Å². The summed E-state index contributed by atoms with van der Waals surface area (Å²) in [4.78, 5) is 43.8. The third-order valence-corrected chi connectivity index (χ3v) is 6.78. The molecule has 8 nitrogen and oxygen atoms in total. The first-order valence-electron chi connectivity index (χ1n) is 11.5. The number of hydrogen-bond donors (Lipinski definition) is 2. The van der Waals surface area contributed by atoms with Crippen LogP contribution < -0.4 is 20.9 Å². The Bertz CT molecular complexity index is 1630. The predicted molar refractivity (Wildman–Crippen MR) is 145 cm³/mol. The summed E-state index contributed by atoms with van der Waals surface area (Å²) in [6, 6.07) is 25.4. The van der Waals surface area contributed by atoms with E-state index >= 15 is 0 Å². The second kappa shape index (κ2) is 10.5. The number of aryl methyl sites for hydroxylation is 1. The Hall–Kier alpha value is -4.76. The molecule has 0 aliphatic carbocycles. The molecule has 0 fully saturated rings. The van der Waals surface area contributed by atoms with Gasteiger partial charge in [0, 0.05) is 11.4 Å². The highest BCUT2D eigenvalue weighted by atomic mass is 32.1. The van der Waals surface area contributed by atoms with Crippen molar-refractivity contribution in [1.82, 2.24) is 9.55 Å². The van der Waals surface area contributed by atoms with Gasteiger partial charge in [-0.05, 0) is 61.0 Å². The van der Waals surface area contributed by atoms with E-state index in [1.54, 1.807) is 43.3 Å². The van der Waals surface area contributed by atoms with E-state index in [2.05, 4.69) is 15.6 Å². The summed E-state index contributed by atoms with van der Waals surface area (Å²) in [5.74, 6) is 0.658. The molecule has 0 saturated heterocycles. The summed E-state index contributed by atoms with van der Waals surface area (Å²) < 4.78 is 7.00. The number of fused-ring (bicyclic) bond motifs is 1. The van der Waals surface area contributed by atoms with Crippen molar-refractivity contribution in [3.05, 3.63) is 112 Å². The van der Waals surface area contributed by atoms with Crippen molar-refractivity contribution in [3.8, 4) is 11.5 Å². The highest BCUT2D eigenvalue weighted by molar-refractivity contribution is 7.20. The predicted octanol–water partition coefficient (Wildman–Crippen LogP) is 5.45. The van der Waals surface area contributed by atoms with Crippen molar-refractivity contribution in [1.29, 1.82) is 0 Å². The number of para-hydroxylation sites is 2. The molecule has 5 rings (SSSR count). The Morgan fingerprint density at radius 2 is 1.49 bits per heavy atom.